The highest BCUT2D eigenvalue weighted by Crippen LogP contribution is 2.22. The first kappa shape index (κ1) is 14.4. The number of aromatic nitrogens is 2. The van der Waals surface area contributed by atoms with Gasteiger partial charge in [0, 0.05) is 26.4 Å². The minimum Gasteiger partial charge on any atom is -0.406 e. The van der Waals surface area contributed by atoms with Crippen LogP contribution in [0.2, 0.25) is 0 Å². The van der Waals surface area contributed by atoms with Crippen LogP contribution in [0.4, 0.5) is 16.1 Å². The van der Waals surface area contributed by atoms with Gasteiger partial charge in [0.15, 0.2) is 0 Å². The van der Waals surface area contributed by atoms with Gasteiger partial charge < -0.3 is 14.5 Å². The topological polar surface area (TPSA) is 63.4 Å². The molecule has 20 heavy (non-hydrogen) atoms. The Hall–Kier alpha value is -1.99. The van der Waals surface area contributed by atoms with Gasteiger partial charge in [-0.05, 0) is 24.3 Å². The third kappa shape index (κ3) is 3.75. The summed E-state index contributed by atoms with van der Waals surface area (Å²) in [7, 11) is 3.42. The first-order chi connectivity index (χ1) is 9.70. The van der Waals surface area contributed by atoms with Gasteiger partial charge in [-0.25, -0.2) is 4.39 Å². The van der Waals surface area contributed by atoms with Crippen LogP contribution in [-0.4, -0.2) is 37.5 Å². The summed E-state index contributed by atoms with van der Waals surface area (Å²) in [5.74, 6) is 0.209. The molecule has 0 aliphatic heterocycles. The first-order valence-electron chi connectivity index (χ1n) is 6.22. The van der Waals surface area contributed by atoms with Gasteiger partial charge in [-0.15, -0.1) is 5.10 Å². The first-order valence-corrected chi connectivity index (χ1v) is 6.22. The third-order valence-electron chi connectivity index (χ3n) is 2.72. The van der Waals surface area contributed by atoms with E-state index in [1.165, 1.54) is 12.1 Å². The zero-order valence-electron chi connectivity index (χ0n) is 11.5. The predicted octanol–water partition coefficient (Wildman–Crippen LogP) is 1.71. The molecule has 108 valence electrons. The number of halogens is 1. The molecule has 0 unspecified atom stereocenters. The van der Waals surface area contributed by atoms with Crippen LogP contribution >= 0.6 is 0 Å². The standard InChI is InChI=1S/C13H17FN4O2/c1-18(11-5-3-10(14)4-6-11)13-17-16-12(20-13)9-15-7-8-19-2/h3-6,15H,7-9H2,1-2H3. The van der Waals surface area contributed by atoms with Crippen LogP contribution in [0, 0.1) is 5.82 Å². The number of ether oxygens (including phenoxy) is 1. The van der Waals surface area contributed by atoms with Crippen molar-refractivity contribution < 1.29 is 13.5 Å². The fourth-order valence-corrected chi connectivity index (χ4v) is 1.60. The van der Waals surface area contributed by atoms with E-state index in [0.29, 0.717) is 31.6 Å². The van der Waals surface area contributed by atoms with E-state index in [1.54, 1.807) is 31.2 Å². The molecule has 0 aliphatic rings. The molecule has 6 nitrogen and oxygen atoms in total. The molecule has 2 aromatic rings. The van der Waals surface area contributed by atoms with Crippen LogP contribution < -0.4 is 10.2 Å². The predicted molar refractivity (Wildman–Crippen MR) is 72.3 cm³/mol. The highest BCUT2D eigenvalue weighted by Gasteiger charge is 2.12. The summed E-state index contributed by atoms with van der Waals surface area (Å²) in [6, 6.07) is 6.43. The Morgan fingerprint density at radius 3 is 2.75 bits per heavy atom. The summed E-state index contributed by atoms with van der Waals surface area (Å²) < 4.78 is 23.3. The van der Waals surface area contributed by atoms with Gasteiger partial charge in [-0.2, -0.15) is 0 Å². The molecule has 0 amide bonds. The van der Waals surface area contributed by atoms with Gasteiger partial charge in [0.25, 0.3) is 0 Å². The van der Waals surface area contributed by atoms with Gasteiger partial charge in [-0.1, -0.05) is 5.10 Å². The molecule has 1 aromatic carbocycles. The summed E-state index contributed by atoms with van der Waals surface area (Å²) in [5.41, 5.74) is 0.772. The average Bonchev–Trinajstić information content (AvgIpc) is 2.92. The smallest absolute Gasteiger partial charge is 0.322 e. The zero-order chi connectivity index (χ0) is 14.4. The van der Waals surface area contributed by atoms with Crippen molar-refractivity contribution in [3.05, 3.63) is 36.0 Å². The van der Waals surface area contributed by atoms with Crippen LogP contribution in [0.1, 0.15) is 5.89 Å². The minimum atomic E-state index is -0.282. The fraction of sp³-hybridized carbons (Fsp3) is 0.385. The molecule has 2 rings (SSSR count). The maximum absolute atomic E-state index is 12.9. The SMILES string of the molecule is COCCNCc1nnc(N(C)c2ccc(F)cc2)o1. The van der Waals surface area contributed by atoms with Crippen molar-refractivity contribution in [2.24, 2.45) is 0 Å². The van der Waals surface area contributed by atoms with E-state index in [0.717, 1.165) is 5.69 Å². The molecule has 7 heteroatoms. The van der Waals surface area contributed by atoms with Crippen molar-refractivity contribution in [3.8, 4) is 0 Å². The molecule has 0 saturated heterocycles. The molecule has 0 bridgehead atoms. The number of nitrogens with one attached hydrogen (secondary N) is 1. The maximum Gasteiger partial charge on any atom is 0.322 e. The zero-order valence-corrected chi connectivity index (χ0v) is 11.5. The van der Waals surface area contributed by atoms with Crippen molar-refractivity contribution in [1.82, 2.24) is 15.5 Å². The van der Waals surface area contributed by atoms with Gasteiger partial charge >= 0.3 is 6.01 Å². The van der Waals surface area contributed by atoms with Crippen LogP contribution in [0.15, 0.2) is 28.7 Å². The molecular formula is C13H17FN4O2. The van der Waals surface area contributed by atoms with Crippen molar-refractivity contribution >= 4 is 11.7 Å². The lowest BCUT2D eigenvalue weighted by Gasteiger charge is -2.13. The van der Waals surface area contributed by atoms with Crippen LogP contribution in [0.5, 0.6) is 0 Å². The Balaban J connectivity index is 1.95. The number of hydrogen-bond donors (Lipinski definition) is 1. The lowest BCUT2D eigenvalue weighted by molar-refractivity contribution is 0.198. The van der Waals surface area contributed by atoms with Crippen LogP contribution in [0.3, 0.4) is 0 Å². The molecular weight excluding hydrogens is 263 g/mol. The highest BCUT2D eigenvalue weighted by atomic mass is 19.1. The Kier molecular flexibility index (Phi) is 5.03. The minimum absolute atomic E-state index is 0.282. The quantitative estimate of drug-likeness (QED) is 0.779. The number of anilines is 2. The van der Waals surface area contributed by atoms with E-state index in [2.05, 4.69) is 15.5 Å². The van der Waals surface area contributed by atoms with Crippen molar-refractivity contribution in [1.29, 1.82) is 0 Å². The summed E-state index contributed by atoms with van der Waals surface area (Å²) in [4.78, 5) is 1.70. The molecule has 1 heterocycles. The van der Waals surface area contributed by atoms with E-state index < -0.39 is 0 Å². The second-order valence-electron chi connectivity index (χ2n) is 4.18. The monoisotopic (exact) mass is 280 g/mol. The molecule has 0 fully saturated rings. The van der Waals surface area contributed by atoms with Gasteiger partial charge in [0.05, 0.1) is 13.2 Å². The highest BCUT2D eigenvalue weighted by molar-refractivity contribution is 5.54. The second kappa shape index (κ2) is 6.97. The molecule has 1 aromatic heterocycles. The Morgan fingerprint density at radius 1 is 1.30 bits per heavy atom. The largest absolute Gasteiger partial charge is 0.406 e. The van der Waals surface area contributed by atoms with E-state index in [-0.39, 0.29) is 5.82 Å². The number of methoxy groups -OCH3 is 1. The van der Waals surface area contributed by atoms with Gasteiger partial charge in [0.2, 0.25) is 5.89 Å². The molecule has 0 atom stereocenters. The summed E-state index contributed by atoms with van der Waals surface area (Å²) in [6.45, 7) is 1.81. The van der Waals surface area contributed by atoms with E-state index in [1.807, 2.05) is 0 Å². The van der Waals surface area contributed by atoms with Crippen LogP contribution in [-0.2, 0) is 11.3 Å². The fourth-order valence-electron chi connectivity index (χ4n) is 1.60. The van der Waals surface area contributed by atoms with Gasteiger partial charge in [-0.3, -0.25) is 4.90 Å². The number of nitrogens with zero attached hydrogens (tertiary/aromatic N) is 3. The Morgan fingerprint density at radius 2 is 2.05 bits per heavy atom. The maximum atomic E-state index is 12.9. The molecule has 0 saturated carbocycles. The summed E-state index contributed by atoms with van der Waals surface area (Å²) >= 11 is 0. The molecule has 0 radical (unpaired) electrons. The number of benzene rings is 1. The molecule has 0 spiro atoms. The third-order valence-corrected chi connectivity index (χ3v) is 2.72. The van der Waals surface area contributed by atoms with Crippen molar-refractivity contribution in [2.75, 3.05) is 32.2 Å². The summed E-state index contributed by atoms with van der Waals surface area (Å²) in [5, 5.41) is 11.0. The Bertz CT molecular complexity index is 529. The van der Waals surface area contributed by atoms with Gasteiger partial charge in [0.1, 0.15) is 5.82 Å². The van der Waals surface area contributed by atoms with Crippen molar-refractivity contribution in [2.45, 2.75) is 6.54 Å². The second-order valence-corrected chi connectivity index (χ2v) is 4.18. The van der Waals surface area contributed by atoms with Crippen molar-refractivity contribution in [3.63, 3.8) is 0 Å². The number of hydrogen-bond acceptors (Lipinski definition) is 6. The molecule has 1 N–H and O–H groups in total. The number of rotatable bonds is 7. The van der Waals surface area contributed by atoms with E-state index in [9.17, 15) is 4.39 Å². The lowest BCUT2D eigenvalue weighted by Crippen LogP contribution is -2.18. The Labute approximate surface area is 116 Å². The summed E-state index contributed by atoms with van der Waals surface area (Å²) in [6.07, 6.45) is 0. The average molecular weight is 280 g/mol. The van der Waals surface area contributed by atoms with E-state index in [4.69, 9.17) is 9.15 Å². The lowest BCUT2D eigenvalue weighted by atomic mass is 10.3. The normalized spacial score (nSPS) is 10.8. The van der Waals surface area contributed by atoms with E-state index >= 15 is 0 Å². The molecule has 0 aliphatic carbocycles. The van der Waals surface area contributed by atoms with Crippen LogP contribution in [0.25, 0.3) is 0 Å².